The molecule has 0 radical (unpaired) electrons. The van der Waals surface area contributed by atoms with Gasteiger partial charge in [0, 0.05) is 87.8 Å². The number of hydrogen-bond acceptors (Lipinski definition) is 8. The molecule has 4 heterocycles. The summed E-state index contributed by atoms with van der Waals surface area (Å²) in [6.45, 7) is 8.73. The molecule has 0 saturated carbocycles. The third-order valence-electron chi connectivity index (χ3n) is 11.7. The molecule has 3 N–H and O–H groups in total. The van der Waals surface area contributed by atoms with Crippen molar-refractivity contribution < 1.29 is 33.0 Å². The van der Waals surface area contributed by atoms with Crippen LogP contribution in [0.15, 0.2) is 78.9 Å². The van der Waals surface area contributed by atoms with Crippen LogP contribution in [0.5, 0.6) is 11.5 Å². The number of phenolic OH excluding ortho intramolecular Hbond substituents is 1. The van der Waals surface area contributed by atoms with E-state index in [0.717, 1.165) is 93.8 Å². The van der Waals surface area contributed by atoms with Crippen LogP contribution in [-0.4, -0.2) is 80.7 Å². The van der Waals surface area contributed by atoms with Crippen molar-refractivity contribution in [1.29, 1.82) is 0 Å². The summed E-state index contributed by atoms with van der Waals surface area (Å²) in [7, 11) is 0. The molecule has 4 aromatic rings. The molecule has 1 unspecified atom stereocenters. The molecule has 10 nitrogen and oxygen atoms in total. The largest absolute Gasteiger partial charge is 0.508 e. The highest BCUT2D eigenvalue weighted by Gasteiger charge is 2.35. The number of halogens is 2. The molecule has 57 heavy (non-hydrogen) atoms. The summed E-state index contributed by atoms with van der Waals surface area (Å²) >= 11 is 0. The molecular weight excluding hydrogens is 729 g/mol. The second-order valence-corrected chi connectivity index (χ2v) is 15.4. The van der Waals surface area contributed by atoms with Crippen LogP contribution in [0.3, 0.4) is 0 Å². The highest BCUT2D eigenvalue weighted by atomic mass is 19.1. The van der Waals surface area contributed by atoms with Crippen molar-refractivity contribution in [2.24, 2.45) is 5.92 Å². The van der Waals surface area contributed by atoms with Crippen molar-refractivity contribution in [3.05, 3.63) is 118 Å². The van der Waals surface area contributed by atoms with E-state index in [-0.39, 0.29) is 41.0 Å². The molecule has 0 aromatic heterocycles. The lowest BCUT2D eigenvalue weighted by molar-refractivity contribution is -0.125. The summed E-state index contributed by atoms with van der Waals surface area (Å²) in [6, 6.07) is 24.3. The summed E-state index contributed by atoms with van der Waals surface area (Å²) in [5.41, 5.74) is 5.53. The maximum atomic E-state index is 16.0. The number of piperazine rings is 1. The number of ether oxygens (including phenoxy) is 1. The maximum absolute atomic E-state index is 16.0. The number of rotatable bonds is 10. The number of unbranched alkanes of at least 4 members (excludes halogenated alkanes) is 1. The summed E-state index contributed by atoms with van der Waals surface area (Å²) in [4.78, 5) is 38.7. The number of hydrogen-bond donors (Lipinski definition) is 3. The van der Waals surface area contributed by atoms with Gasteiger partial charge in [0.2, 0.25) is 12.3 Å². The fourth-order valence-corrected chi connectivity index (χ4v) is 8.62. The topological polar surface area (TPSA) is 114 Å². The highest BCUT2D eigenvalue weighted by molar-refractivity contribution is 5.98. The van der Waals surface area contributed by atoms with E-state index in [2.05, 4.69) is 43.5 Å². The number of benzene rings is 4. The number of aromatic hydroxyl groups is 1. The van der Waals surface area contributed by atoms with Gasteiger partial charge in [0.05, 0.1) is 18.0 Å². The Morgan fingerprint density at radius 1 is 0.895 bits per heavy atom. The van der Waals surface area contributed by atoms with Crippen molar-refractivity contribution in [3.8, 4) is 11.5 Å². The fourth-order valence-electron chi connectivity index (χ4n) is 8.62. The molecule has 4 aromatic carbocycles. The zero-order valence-corrected chi connectivity index (χ0v) is 32.4. The minimum atomic E-state index is -0.333. The first-order chi connectivity index (χ1) is 27.7. The number of imide groups is 1. The van der Waals surface area contributed by atoms with Gasteiger partial charge in [-0.25, -0.2) is 8.78 Å². The van der Waals surface area contributed by atoms with E-state index in [1.807, 2.05) is 43.3 Å². The number of fused-ring (bicyclic) bond motifs is 2. The number of carbonyl (C=O) groups is 3. The molecule has 4 aliphatic rings. The monoisotopic (exact) mass is 779 g/mol. The third kappa shape index (κ3) is 9.23. The molecule has 8 rings (SSSR count). The van der Waals surface area contributed by atoms with Gasteiger partial charge < -0.3 is 25.0 Å². The molecule has 12 heteroatoms. The van der Waals surface area contributed by atoms with Crippen molar-refractivity contribution in [3.63, 3.8) is 0 Å². The van der Waals surface area contributed by atoms with Crippen molar-refractivity contribution in [2.45, 2.75) is 57.4 Å². The van der Waals surface area contributed by atoms with E-state index >= 15 is 4.39 Å². The summed E-state index contributed by atoms with van der Waals surface area (Å²) in [5.74, 6) is 0.310. The van der Waals surface area contributed by atoms with Crippen LogP contribution in [0, 0.1) is 17.6 Å². The lowest BCUT2D eigenvalue weighted by Crippen LogP contribution is -2.49. The Bertz CT molecular complexity index is 2050. The maximum Gasteiger partial charge on any atom is 0.252 e. The molecule has 4 aliphatic heterocycles. The summed E-state index contributed by atoms with van der Waals surface area (Å²) < 4.78 is 36.9. The van der Waals surface area contributed by atoms with Crippen LogP contribution in [-0.2, 0) is 16.1 Å². The van der Waals surface area contributed by atoms with E-state index in [9.17, 15) is 23.9 Å². The molecule has 3 amide bonds. The molecule has 2 saturated heterocycles. The molecule has 0 bridgehead atoms. The Kier molecular flexibility index (Phi) is 12.7. The number of nitrogens with zero attached hydrogens (tertiary/aromatic N) is 3. The van der Waals surface area contributed by atoms with E-state index in [4.69, 9.17) is 4.74 Å². The quantitative estimate of drug-likeness (QED) is 0.152. The van der Waals surface area contributed by atoms with Gasteiger partial charge in [-0.05, 0) is 72.2 Å². The van der Waals surface area contributed by atoms with Gasteiger partial charge >= 0.3 is 0 Å². The van der Waals surface area contributed by atoms with Crippen LogP contribution in [0.4, 0.5) is 20.2 Å². The summed E-state index contributed by atoms with van der Waals surface area (Å²) in [5, 5.41) is 14.9. The van der Waals surface area contributed by atoms with Gasteiger partial charge in [-0.2, -0.15) is 0 Å². The van der Waals surface area contributed by atoms with Crippen LogP contribution in [0.25, 0.3) is 0 Å². The van der Waals surface area contributed by atoms with Gasteiger partial charge in [0.15, 0.2) is 0 Å². The van der Waals surface area contributed by atoms with Crippen molar-refractivity contribution in [2.75, 3.05) is 62.2 Å². The predicted octanol–water partition coefficient (Wildman–Crippen LogP) is 6.71. The summed E-state index contributed by atoms with van der Waals surface area (Å²) in [6.07, 6.45) is 4.68. The third-order valence-corrected chi connectivity index (χ3v) is 11.7. The number of phenols is 1. The zero-order valence-electron chi connectivity index (χ0n) is 32.4. The normalized spacial score (nSPS) is 19.4. The SMILES string of the molecule is CCCCC(=O)NC=O.O=C1NCc2cc(N3CCN(CC4CCN(c5ccc(C6c7ccc(O)cc7OC[C@@H]6c6ccccc6)cc5F)CC4)CC3)c(F)cc21. The smallest absolute Gasteiger partial charge is 0.252 e. The van der Waals surface area contributed by atoms with Crippen LogP contribution >= 0.6 is 0 Å². The van der Waals surface area contributed by atoms with E-state index in [1.54, 1.807) is 18.2 Å². The van der Waals surface area contributed by atoms with Gasteiger partial charge in [0.25, 0.3) is 5.91 Å². The molecule has 2 fully saturated rings. The van der Waals surface area contributed by atoms with Crippen LogP contribution < -0.4 is 25.2 Å². The van der Waals surface area contributed by atoms with Gasteiger partial charge in [-0.15, -0.1) is 0 Å². The molecule has 0 aliphatic carbocycles. The lowest BCUT2D eigenvalue weighted by Gasteiger charge is -2.40. The first-order valence-corrected chi connectivity index (χ1v) is 20.1. The average Bonchev–Trinajstić information content (AvgIpc) is 3.59. The van der Waals surface area contributed by atoms with Gasteiger partial charge in [-0.1, -0.05) is 55.8 Å². The first kappa shape index (κ1) is 39.7. The second kappa shape index (κ2) is 18.2. The van der Waals surface area contributed by atoms with Gasteiger partial charge in [-0.3, -0.25) is 24.6 Å². The Hall–Kier alpha value is -5.49. The first-order valence-electron chi connectivity index (χ1n) is 20.1. The van der Waals surface area contributed by atoms with E-state index in [0.29, 0.717) is 54.6 Å². The molecule has 300 valence electrons. The van der Waals surface area contributed by atoms with Crippen LogP contribution in [0.2, 0.25) is 0 Å². The van der Waals surface area contributed by atoms with E-state index in [1.165, 1.54) is 6.07 Å². The van der Waals surface area contributed by atoms with Crippen molar-refractivity contribution in [1.82, 2.24) is 15.5 Å². The van der Waals surface area contributed by atoms with Crippen molar-refractivity contribution >= 4 is 29.6 Å². The fraction of sp³-hybridized carbons (Fsp3) is 0.400. The highest BCUT2D eigenvalue weighted by Crippen LogP contribution is 2.47. The predicted molar refractivity (Wildman–Crippen MR) is 216 cm³/mol. The number of nitrogens with one attached hydrogen (secondary N) is 2. The van der Waals surface area contributed by atoms with E-state index < -0.39 is 0 Å². The molecular formula is C45H51F2N5O5. The zero-order chi connectivity index (χ0) is 39.9. The number of carbonyl (C=O) groups excluding carboxylic acids is 3. The number of anilines is 2. The second-order valence-electron chi connectivity index (χ2n) is 15.4. The Morgan fingerprint density at radius 2 is 1.63 bits per heavy atom. The minimum absolute atomic E-state index is 0.0153. The average molecular weight is 780 g/mol. The molecule has 0 spiro atoms. The standard InChI is InChI=1S/C39H40F2N4O3.C6H11NO2/c40-33-18-27(38-30-8-7-29(46)20-37(30)48-24-32(38)26-4-2-1-3-5-26)6-9-35(33)44-12-10-25(11-13-44)23-43-14-16-45(17-15-43)36-19-28-22-42-39(47)31(28)21-34(36)41;1-2-3-4-6(9)7-5-8/h1-9,18-21,25,32,38,46H,10-17,22-24H2,(H,42,47);5H,2-4H2,1H3,(H,7,8,9)/t32-,38?;/m1./s1. The van der Waals surface area contributed by atoms with Crippen LogP contribution in [0.1, 0.15) is 83.5 Å². The Labute approximate surface area is 332 Å². The lowest BCUT2D eigenvalue weighted by atomic mass is 9.76. The minimum Gasteiger partial charge on any atom is -0.508 e. The number of piperidine rings is 1. The number of amides is 3. The Balaban J connectivity index is 0.000000494. The Morgan fingerprint density at radius 3 is 2.35 bits per heavy atom. The van der Waals surface area contributed by atoms with Gasteiger partial charge in [0.1, 0.15) is 23.1 Å². The molecule has 2 atom stereocenters.